The SMILES string of the molecule is COc1ccc(-c2nnc(SCC(=O)N[C@H](C)c3ccccc3C)n2N)c(OC)c1. The van der Waals surface area contributed by atoms with Crippen molar-refractivity contribution in [2.45, 2.75) is 25.0 Å². The molecule has 9 heteroatoms. The van der Waals surface area contributed by atoms with Crippen molar-refractivity contribution in [2.24, 2.45) is 0 Å². The Kier molecular flexibility index (Phi) is 6.83. The van der Waals surface area contributed by atoms with Crippen LogP contribution in [0.2, 0.25) is 0 Å². The lowest BCUT2D eigenvalue weighted by Gasteiger charge is -2.16. The number of nitrogens with one attached hydrogen (secondary N) is 1. The van der Waals surface area contributed by atoms with Gasteiger partial charge in [0.1, 0.15) is 11.5 Å². The van der Waals surface area contributed by atoms with Gasteiger partial charge in [-0.1, -0.05) is 36.0 Å². The molecule has 0 aliphatic carbocycles. The molecule has 3 N–H and O–H groups in total. The van der Waals surface area contributed by atoms with Gasteiger partial charge in [0.15, 0.2) is 5.82 Å². The summed E-state index contributed by atoms with van der Waals surface area (Å²) in [5.74, 6) is 7.90. The fourth-order valence-electron chi connectivity index (χ4n) is 3.11. The van der Waals surface area contributed by atoms with Crippen LogP contribution >= 0.6 is 11.8 Å². The van der Waals surface area contributed by atoms with E-state index < -0.39 is 0 Å². The maximum absolute atomic E-state index is 12.4. The summed E-state index contributed by atoms with van der Waals surface area (Å²) in [6.45, 7) is 3.99. The summed E-state index contributed by atoms with van der Waals surface area (Å²) < 4.78 is 12.0. The molecule has 0 fully saturated rings. The molecule has 0 saturated heterocycles. The van der Waals surface area contributed by atoms with E-state index in [0.717, 1.165) is 11.1 Å². The molecule has 0 bridgehead atoms. The number of ether oxygens (including phenoxy) is 2. The molecule has 30 heavy (non-hydrogen) atoms. The Balaban J connectivity index is 1.67. The largest absolute Gasteiger partial charge is 0.497 e. The third kappa shape index (κ3) is 4.68. The monoisotopic (exact) mass is 427 g/mol. The van der Waals surface area contributed by atoms with Crippen molar-refractivity contribution >= 4 is 17.7 Å². The first-order valence-electron chi connectivity index (χ1n) is 9.35. The minimum Gasteiger partial charge on any atom is -0.497 e. The summed E-state index contributed by atoms with van der Waals surface area (Å²) in [6.07, 6.45) is 0. The van der Waals surface area contributed by atoms with Crippen molar-refractivity contribution in [3.8, 4) is 22.9 Å². The predicted molar refractivity (Wildman–Crippen MR) is 117 cm³/mol. The lowest BCUT2D eigenvalue weighted by molar-refractivity contribution is -0.119. The lowest BCUT2D eigenvalue weighted by Crippen LogP contribution is -2.28. The number of amides is 1. The number of nitrogen functional groups attached to an aromatic ring is 1. The van der Waals surface area contributed by atoms with Crippen LogP contribution in [0, 0.1) is 6.92 Å². The number of aromatic nitrogens is 3. The molecule has 3 aromatic rings. The highest BCUT2D eigenvalue weighted by Gasteiger charge is 2.18. The molecular weight excluding hydrogens is 402 g/mol. The van der Waals surface area contributed by atoms with Crippen molar-refractivity contribution in [1.82, 2.24) is 20.2 Å². The van der Waals surface area contributed by atoms with Gasteiger partial charge in [-0.2, -0.15) is 0 Å². The van der Waals surface area contributed by atoms with Gasteiger partial charge in [0.25, 0.3) is 0 Å². The number of nitrogens with two attached hydrogens (primary N) is 1. The highest BCUT2D eigenvalue weighted by Crippen LogP contribution is 2.33. The quantitative estimate of drug-likeness (QED) is 0.421. The Bertz CT molecular complexity index is 1040. The summed E-state index contributed by atoms with van der Waals surface area (Å²) in [4.78, 5) is 12.4. The van der Waals surface area contributed by atoms with Crippen LogP contribution in [0.5, 0.6) is 11.5 Å². The Morgan fingerprint density at radius 2 is 1.97 bits per heavy atom. The Hall–Kier alpha value is -3.20. The number of benzene rings is 2. The van der Waals surface area contributed by atoms with Crippen LogP contribution in [0.25, 0.3) is 11.4 Å². The van der Waals surface area contributed by atoms with E-state index in [2.05, 4.69) is 15.5 Å². The topological polar surface area (TPSA) is 104 Å². The third-order valence-corrected chi connectivity index (χ3v) is 5.62. The number of carbonyl (C=O) groups excluding carboxylic acids is 1. The number of aryl methyl sites for hydroxylation is 1. The van der Waals surface area contributed by atoms with Gasteiger partial charge in [0.05, 0.1) is 31.6 Å². The molecular formula is C21H25N5O3S. The highest BCUT2D eigenvalue weighted by atomic mass is 32.2. The molecule has 1 atom stereocenters. The molecule has 8 nitrogen and oxygen atoms in total. The molecule has 0 spiro atoms. The summed E-state index contributed by atoms with van der Waals surface area (Å²) in [6, 6.07) is 13.2. The zero-order valence-corrected chi connectivity index (χ0v) is 18.2. The minimum absolute atomic E-state index is 0.0887. The van der Waals surface area contributed by atoms with E-state index in [4.69, 9.17) is 15.3 Å². The van der Waals surface area contributed by atoms with Crippen molar-refractivity contribution in [2.75, 3.05) is 25.8 Å². The van der Waals surface area contributed by atoms with E-state index in [1.807, 2.05) is 38.1 Å². The summed E-state index contributed by atoms with van der Waals surface area (Å²) >= 11 is 1.22. The molecule has 1 heterocycles. The number of nitrogens with zero attached hydrogens (tertiary/aromatic N) is 3. The van der Waals surface area contributed by atoms with Crippen LogP contribution < -0.4 is 20.6 Å². The average molecular weight is 428 g/mol. The molecule has 158 valence electrons. The molecule has 0 aliphatic heterocycles. The minimum atomic E-state index is -0.109. The van der Waals surface area contributed by atoms with Gasteiger partial charge in [-0.05, 0) is 37.1 Å². The second-order valence-corrected chi connectivity index (χ2v) is 7.62. The molecule has 1 amide bonds. The molecule has 1 aromatic heterocycles. The third-order valence-electron chi connectivity index (χ3n) is 4.68. The Labute approximate surface area is 179 Å². The van der Waals surface area contributed by atoms with Gasteiger partial charge >= 0.3 is 0 Å². The van der Waals surface area contributed by atoms with E-state index >= 15 is 0 Å². The molecule has 2 aromatic carbocycles. The van der Waals surface area contributed by atoms with E-state index in [1.54, 1.807) is 32.4 Å². The summed E-state index contributed by atoms with van der Waals surface area (Å²) in [5.41, 5.74) is 2.90. The van der Waals surface area contributed by atoms with Crippen LogP contribution in [-0.4, -0.2) is 40.8 Å². The molecule has 0 unspecified atom stereocenters. The van der Waals surface area contributed by atoms with Crippen LogP contribution in [-0.2, 0) is 4.79 Å². The zero-order valence-electron chi connectivity index (χ0n) is 17.4. The van der Waals surface area contributed by atoms with E-state index in [9.17, 15) is 4.79 Å². The average Bonchev–Trinajstić information content (AvgIpc) is 3.12. The molecule has 0 saturated carbocycles. The number of methoxy groups -OCH3 is 2. The van der Waals surface area contributed by atoms with Crippen LogP contribution in [0.15, 0.2) is 47.6 Å². The number of hydrogen-bond donors (Lipinski definition) is 2. The molecule has 3 rings (SSSR count). The van der Waals surface area contributed by atoms with Crippen LogP contribution in [0.3, 0.4) is 0 Å². The summed E-state index contributed by atoms with van der Waals surface area (Å²) in [5, 5.41) is 11.7. The van der Waals surface area contributed by atoms with Gasteiger partial charge in [-0.25, -0.2) is 4.68 Å². The fraction of sp³-hybridized carbons (Fsp3) is 0.286. The lowest BCUT2D eigenvalue weighted by atomic mass is 10.0. The van der Waals surface area contributed by atoms with E-state index in [0.29, 0.717) is 28.0 Å². The molecule has 0 radical (unpaired) electrons. The number of thioether (sulfide) groups is 1. The van der Waals surface area contributed by atoms with Gasteiger partial charge in [0.2, 0.25) is 11.1 Å². The Morgan fingerprint density at radius 1 is 1.20 bits per heavy atom. The number of rotatable bonds is 8. The normalized spacial score (nSPS) is 11.7. The van der Waals surface area contributed by atoms with Crippen LogP contribution in [0.4, 0.5) is 0 Å². The fourth-order valence-corrected chi connectivity index (χ4v) is 3.77. The standard InChI is InChI=1S/C21H25N5O3S/c1-13-7-5-6-8-16(13)14(2)23-19(27)12-30-21-25-24-20(26(21)22)17-10-9-15(28-3)11-18(17)29-4/h5-11,14H,12,22H2,1-4H3,(H,23,27)/t14-/m1/s1. The Morgan fingerprint density at radius 3 is 2.67 bits per heavy atom. The van der Waals surface area contributed by atoms with Crippen LogP contribution in [0.1, 0.15) is 24.1 Å². The second kappa shape index (κ2) is 9.53. The maximum Gasteiger partial charge on any atom is 0.230 e. The van der Waals surface area contributed by atoms with Gasteiger partial charge < -0.3 is 20.6 Å². The first kappa shape index (κ1) is 21.5. The van der Waals surface area contributed by atoms with Gasteiger partial charge in [-0.3, -0.25) is 4.79 Å². The first-order chi connectivity index (χ1) is 14.4. The smallest absolute Gasteiger partial charge is 0.230 e. The number of carbonyl (C=O) groups is 1. The molecule has 0 aliphatic rings. The van der Waals surface area contributed by atoms with Crippen molar-refractivity contribution < 1.29 is 14.3 Å². The van der Waals surface area contributed by atoms with Gasteiger partial charge in [0, 0.05) is 6.07 Å². The van der Waals surface area contributed by atoms with Crippen molar-refractivity contribution in [1.29, 1.82) is 0 Å². The first-order valence-corrected chi connectivity index (χ1v) is 10.3. The zero-order chi connectivity index (χ0) is 21.7. The van der Waals surface area contributed by atoms with E-state index in [-0.39, 0.29) is 17.7 Å². The van der Waals surface area contributed by atoms with Gasteiger partial charge in [-0.15, -0.1) is 10.2 Å². The van der Waals surface area contributed by atoms with E-state index in [1.165, 1.54) is 16.4 Å². The highest BCUT2D eigenvalue weighted by molar-refractivity contribution is 7.99. The summed E-state index contributed by atoms with van der Waals surface area (Å²) in [7, 11) is 3.14. The van der Waals surface area contributed by atoms with Crippen molar-refractivity contribution in [3.63, 3.8) is 0 Å². The maximum atomic E-state index is 12.4. The second-order valence-electron chi connectivity index (χ2n) is 6.68. The number of hydrogen-bond acceptors (Lipinski definition) is 7. The predicted octanol–water partition coefficient (Wildman–Crippen LogP) is 2.95. The van der Waals surface area contributed by atoms with Crippen molar-refractivity contribution in [3.05, 3.63) is 53.6 Å².